The summed E-state index contributed by atoms with van der Waals surface area (Å²) in [5.74, 6) is 0.312. The second-order valence-electron chi connectivity index (χ2n) is 11.1. The number of unbranched alkanes of at least 4 members (excludes halogenated alkanes) is 1. The Hall–Kier alpha value is -4.35. The van der Waals surface area contributed by atoms with Crippen molar-refractivity contribution in [2.45, 2.75) is 50.6 Å². The number of rotatable bonds is 17. The SMILES string of the molecule is CCCCNC(=O)[C@H](Cc1ccccc1)N(Cc1cccc(OC)c1)C(=O)CN(c1ccc(OCC)cc1)S(=O)(=O)c1ccc(Br)cc1. The first kappa shape index (κ1) is 36.5. The standard InChI is InChI=1S/C37H42BrN3O6S/c1-4-6-23-39-37(43)35(25-28-11-8-7-9-12-28)40(26-29-13-10-14-33(24-29)46-3)36(42)27-41(31-17-19-32(20-18-31)47-5-2)48(44,45)34-21-15-30(38)16-22-34/h7-22,24,35H,4-6,23,25-27H2,1-3H3,(H,39,43)/t35-/m0/s1. The Morgan fingerprint density at radius 1 is 0.854 bits per heavy atom. The quantitative estimate of drug-likeness (QED) is 0.123. The number of amides is 2. The van der Waals surface area contributed by atoms with Crippen LogP contribution in [0.15, 0.2) is 112 Å². The molecule has 4 aromatic rings. The van der Waals surface area contributed by atoms with Crippen molar-refractivity contribution in [3.63, 3.8) is 0 Å². The fraction of sp³-hybridized carbons (Fsp3) is 0.297. The van der Waals surface area contributed by atoms with Crippen LogP contribution in [-0.4, -0.2) is 58.0 Å². The van der Waals surface area contributed by atoms with Gasteiger partial charge in [-0.05, 0) is 85.1 Å². The smallest absolute Gasteiger partial charge is 0.264 e. The van der Waals surface area contributed by atoms with E-state index in [2.05, 4.69) is 21.2 Å². The van der Waals surface area contributed by atoms with Gasteiger partial charge in [0, 0.05) is 24.0 Å². The number of hydrogen-bond acceptors (Lipinski definition) is 6. The van der Waals surface area contributed by atoms with Crippen molar-refractivity contribution in [3.8, 4) is 11.5 Å². The van der Waals surface area contributed by atoms with Crippen LogP contribution in [0.5, 0.6) is 11.5 Å². The summed E-state index contributed by atoms with van der Waals surface area (Å²) in [6.07, 6.45) is 1.91. The average Bonchev–Trinajstić information content (AvgIpc) is 3.10. The summed E-state index contributed by atoms with van der Waals surface area (Å²) < 4.78 is 41.3. The first-order valence-corrected chi connectivity index (χ1v) is 18.1. The summed E-state index contributed by atoms with van der Waals surface area (Å²) in [7, 11) is -2.67. The summed E-state index contributed by atoms with van der Waals surface area (Å²) in [4.78, 5) is 30.0. The number of nitrogens with zero attached hydrogens (tertiary/aromatic N) is 2. The highest BCUT2D eigenvalue weighted by Crippen LogP contribution is 2.28. The van der Waals surface area contributed by atoms with Crippen LogP contribution in [0.1, 0.15) is 37.8 Å². The molecule has 0 saturated heterocycles. The van der Waals surface area contributed by atoms with E-state index in [1.54, 1.807) is 55.6 Å². The number of carbonyl (C=O) groups is 2. The van der Waals surface area contributed by atoms with Crippen molar-refractivity contribution < 1.29 is 27.5 Å². The van der Waals surface area contributed by atoms with E-state index in [1.807, 2.05) is 56.3 Å². The fourth-order valence-corrected chi connectivity index (χ4v) is 6.84. The molecule has 4 aromatic carbocycles. The minimum atomic E-state index is -4.23. The summed E-state index contributed by atoms with van der Waals surface area (Å²) in [6.45, 7) is 4.29. The van der Waals surface area contributed by atoms with Crippen LogP contribution in [0.25, 0.3) is 0 Å². The van der Waals surface area contributed by atoms with Gasteiger partial charge in [-0.25, -0.2) is 8.42 Å². The van der Waals surface area contributed by atoms with E-state index in [0.29, 0.717) is 29.1 Å². The van der Waals surface area contributed by atoms with Crippen molar-refractivity contribution in [1.82, 2.24) is 10.2 Å². The van der Waals surface area contributed by atoms with Gasteiger partial charge in [0.1, 0.15) is 24.1 Å². The normalized spacial score (nSPS) is 11.8. The van der Waals surface area contributed by atoms with E-state index in [1.165, 1.54) is 17.0 Å². The molecular formula is C37H42BrN3O6S. The second-order valence-corrected chi connectivity index (χ2v) is 13.9. The Kier molecular flexibility index (Phi) is 13.5. The number of carbonyl (C=O) groups excluding carboxylic acids is 2. The van der Waals surface area contributed by atoms with Crippen LogP contribution in [0.4, 0.5) is 5.69 Å². The van der Waals surface area contributed by atoms with Gasteiger partial charge in [0.25, 0.3) is 10.0 Å². The third kappa shape index (κ3) is 9.84. The van der Waals surface area contributed by atoms with E-state index in [4.69, 9.17) is 9.47 Å². The molecule has 0 aliphatic heterocycles. The van der Waals surface area contributed by atoms with Gasteiger partial charge in [-0.15, -0.1) is 0 Å². The Labute approximate surface area is 292 Å². The number of methoxy groups -OCH3 is 1. The lowest BCUT2D eigenvalue weighted by Gasteiger charge is -2.34. The first-order chi connectivity index (χ1) is 23.2. The lowest BCUT2D eigenvalue weighted by Crippen LogP contribution is -2.53. The van der Waals surface area contributed by atoms with E-state index in [-0.39, 0.29) is 29.5 Å². The molecule has 1 N–H and O–H groups in total. The number of sulfonamides is 1. The molecule has 0 aromatic heterocycles. The van der Waals surface area contributed by atoms with Crippen LogP contribution in [0.3, 0.4) is 0 Å². The van der Waals surface area contributed by atoms with E-state index in [0.717, 1.165) is 28.3 Å². The number of hydrogen-bond donors (Lipinski definition) is 1. The predicted molar refractivity (Wildman–Crippen MR) is 192 cm³/mol. The van der Waals surface area contributed by atoms with Crippen LogP contribution in [0.2, 0.25) is 0 Å². The molecule has 0 fully saturated rings. The molecule has 0 spiro atoms. The molecule has 0 aliphatic carbocycles. The maximum Gasteiger partial charge on any atom is 0.264 e. The van der Waals surface area contributed by atoms with Gasteiger partial charge >= 0.3 is 0 Å². The second kappa shape index (κ2) is 17.7. The van der Waals surface area contributed by atoms with Gasteiger partial charge < -0.3 is 19.7 Å². The average molecular weight is 737 g/mol. The summed E-state index contributed by atoms with van der Waals surface area (Å²) in [6, 6.07) is 28.6. The van der Waals surface area contributed by atoms with E-state index in [9.17, 15) is 18.0 Å². The third-order valence-electron chi connectivity index (χ3n) is 7.70. The van der Waals surface area contributed by atoms with Gasteiger partial charge in [-0.2, -0.15) is 0 Å². The number of anilines is 1. The Morgan fingerprint density at radius 3 is 2.19 bits per heavy atom. The predicted octanol–water partition coefficient (Wildman–Crippen LogP) is 6.61. The Bertz CT molecular complexity index is 1740. The topological polar surface area (TPSA) is 105 Å². The lowest BCUT2D eigenvalue weighted by molar-refractivity contribution is -0.140. The van der Waals surface area contributed by atoms with Crippen LogP contribution in [-0.2, 0) is 32.6 Å². The molecule has 0 aliphatic rings. The summed E-state index contributed by atoms with van der Waals surface area (Å²) in [5.41, 5.74) is 1.87. The van der Waals surface area contributed by atoms with E-state index < -0.39 is 28.5 Å². The highest BCUT2D eigenvalue weighted by atomic mass is 79.9. The Morgan fingerprint density at radius 2 is 1.54 bits per heavy atom. The zero-order valence-corrected chi connectivity index (χ0v) is 29.9. The lowest BCUT2D eigenvalue weighted by atomic mass is 10.0. The minimum Gasteiger partial charge on any atom is -0.497 e. The molecule has 254 valence electrons. The van der Waals surface area contributed by atoms with Crippen LogP contribution in [0, 0.1) is 0 Å². The highest BCUT2D eigenvalue weighted by Gasteiger charge is 2.34. The highest BCUT2D eigenvalue weighted by molar-refractivity contribution is 9.10. The number of benzene rings is 4. The largest absolute Gasteiger partial charge is 0.497 e. The molecule has 9 nitrogen and oxygen atoms in total. The molecule has 0 heterocycles. The van der Waals surface area contributed by atoms with E-state index >= 15 is 0 Å². The van der Waals surface area contributed by atoms with Gasteiger partial charge in [-0.1, -0.05) is 71.7 Å². The zero-order valence-electron chi connectivity index (χ0n) is 27.5. The van der Waals surface area contributed by atoms with Gasteiger partial charge in [-0.3, -0.25) is 13.9 Å². The molecule has 0 radical (unpaired) electrons. The molecule has 0 bridgehead atoms. The molecule has 2 amide bonds. The summed E-state index contributed by atoms with van der Waals surface area (Å²) >= 11 is 3.37. The van der Waals surface area contributed by atoms with Gasteiger partial charge in [0.15, 0.2) is 0 Å². The maximum atomic E-state index is 14.6. The van der Waals surface area contributed by atoms with Crippen molar-refractivity contribution in [2.24, 2.45) is 0 Å². The number of halogens is 1. The molecule has 1 atom stereocenters. The fourth-order valence-electron chi connectivity index (χ4n) is 5.17. The molecule has 0 saturated carbocycles. The van der Waals surface area contributed by atoms with Crippen LogP contribution >= 0.6 is 15.9 Å². The number of nitrogens with one attached hydrogen (secondary N) is 1. The molecule has 11 heteroatoms. The van der Waals surface area contributed by atoms with Gasteiger partial charge in [0.2, 0.25) is 11.8 Å². The molecule has 0 unspecified atom stereocenters. The van der Waals surface area contributed by atoms with Crippen molar-refractivity contribution in [3.05, 3.63) is 119 Å². The van der Waals surface area contributed by atoms with Crippen molar-refractivity contribution in [1.29, 1.82) is 0 Å². The van der Waals surface area contributed by atoms with Crippen LogP contribution < -0.4 is 19.1 Å². The minimum absolute atomic E-state index is 0.0184. The van der Waals surface area contributed by atoms with Crippen molar-refractivity contribution in [2.75, 3.05) is 31.1 Å². The maximum absolute atomic E-state index is 14.6. The molecule has 48 heavy (non-hydrogen) atoms. The van der Waals surface area contributed by atoms with Gasteiger partial charge in [0.05, 0.1) is 24.3 Å². The summed E-state index contributed by atoms with van der Waals surface area (Å²) in [5, 5.41) is 3.00. The van der Waals surface area contributed by atoms with Crippen molar-refractivity contribution >= 4 is 43.5 Å². The first-order valence-electron chi connectivity index (χ1n) is 15.9. The zero-order chi connectivity index (χ0) is 34.5. The molecule has 4 rings (SSSR count). The monoisotopic (exact) mass is 735 g/mol. The Balaban J connectivity index is 1.80. The number of ether oxygens (including phenoxy) is 2. The third-order valence-corrected chi connectivity index (χ3v) is 10.0. The molecular weight excluding hydrogens is 694 g/mol.